The molecule has 9 nitrogen and oxygen atoms in total. The lowest BCUT2D eigenvalue weighted by atomic mass is 9.66. The molecule has 0 bridgehead atoms. The Kier molecular flexibility index (Phi) is 8.19. The number of hydrogen-bond donors (Lipinski definition) is 4. The largest absolute Gasteiger partial charge is 0.493 e. The van der Waals surface area contributed by atoms with E-state index in [-0.39, 0.29) is 22.8 Å². The summed E-state index contributed by atoms with van der Waals surface area (Å²) in [6.45, 7) is 6.38. The zero-order valence-electron chi connectivity index (χ0n) is 22.4. The fraction of sp³-hybridized carbons (Fsp3) is 0.571. The Bertz CT molecular complexity index is 1200. The van der Waals surface area contributed by atoms with Crippen LogP contribution in [0.25, 0.3) is 11.4 Å². The highest BCUT2D eigenvalue weighted by molar-refractivity contribution is 5.99. The molecule has 1 saturated carbocycles. The van der Waals surface area contributed by atoms with Gasteiger partial charge in [0.05, 0.1) is 12.2 Å². The lowest BCUT2D eigenvalue weighted by Crippen LogP contribution is -2.46. The second-order valence-electron chi connectivity index (χ2n) is 10.5. The molecule has 1 aromatic carbocycles. The zero-order chi connectivity index (χ0) is 26.6. The first-order valence-corrected chi connectivity index (χ1v) is 13.6. The summed E-state index contributed by atoms with van der Waals surface area (Å²) < 4.78 is 5.94. The number of primary amides is 1. The maximum Gasteiger partial charge on any atom is 0.275 e. The van der Waals surface area contributed by atoms with Gasteiger partial charge in [0, 0.05) is 38.2 Å². The molecule has 2 fully saturated rings. The predicted octanol–water partition coefficient (Wildman–Crippen LogP) is 2.49. The molecule has 1 saturated heterocycles. The smallest absolute Gasteiger partial charge is 0.275 e. The molecule has 1 amide bonds. The molecule has 6 N–H and O–H groups in total. The number of hydrogen-bond acceptors (Lipinski definition) is 6. The van der Waals surface area contributed by atoms with Crippen LogP contribution in [0.2, 0.25) is 0 Å². The molecule has 200 valence electrons. The van der Waals surface area contributed by atoms with Crippen molar-refractivity contribution in [1.82, 2.24) is 9.97 Å². The number of nitrogens with one attached hydrogen (secondary N) is 2. The summed E-state index contributed by atoms with van der Waals surface area (Å²) in [6.07, 6.45) is 7.58. The number of carbonyl (C=O) groups excluding carboxylic acids is 1. The standard InChI is InChI=1S/C28H40N6O3/c1-4-7-21(29)23-24(31-3)27(36)33-26(32-23)20-16-19(8-9-22(20)37-5-2)34-15-6-12-28(17-34)13-10-18(11-14-28)25(30)35/h8-9,16,18,29,31H,4-7,10-15,17H2,1-3H3,(H2,30,35)(H,32,33,36)/p+1. The van der Waals surface area contributed by atoms with Crippen LogP contribution in [-0.4, -0.2) is 48.3 Å². The van der Waals surface area contributed by atoms with E-state index < -0.39 is 0 Å². The van der Waals surface area contributed by atoms with E-state index in [4.69, 9.17) is 20.9 Å². The number of carbonyl (C=O) groups is 1. The van der Waals surface area contributed by atoms with Crippen LogP contribution in [0.1, 0.15) is 70.9 Å². The minimum Gasteiger partial charge on any atom is -0.493 e. The monoisotopic (exact) mass is 509 g/mol. The number of aromatic nitrogens is 2. The Morgan fingerprint density at radius 2 is 2.05 bits per heavy atom. The Labute approximate surface area is 218 Å². The molecule has 0 unspecified atom stereocenters. The highest BCUT2D eigenvalue weighted by atomic mass is 16.5. The van der Waals surface area contributed by atoms with Gasteiger partial charge in [0.1, 0.15) is 17.3 Å². The molecular weight excluding hydrogens is 468 g/mol. The van der Waals surface area contributed by atoms with Crippen molar-refractivity contribution in [3.05, 3.63) is 34.2 Å². The second-order valence-corrected chi connectivity index (χ2v) is 10.5. The number of H-pyrrole nitrogens is 1. The van der Waals surface area contributed by atoms with E-state index in [0.717, 1.165) is 62.9 Å². The average Bonchev–Trinajstić information content (AvgIpc) is 2.89. The Morgan fingerprint density at radius 3 is 2.70 bits per heavy atom. The highest BCUT2D eigenvalue weighted by Crippen LogP contribution is 2.46. The van der Waals surface area contributed by atoms with Crippen molar-refractivity contribution in [1.29, 1.82) is 0 Å². The predicted molar refractivity (Wildman–Crippen MR) is 147 cm³/mol. The number of ether oxygens (including phenoxy) is 1. The molecule has 0 radical (unpaired) electrons. The van der Waals surface area contributed by atoms with Crippen molar-refractivity contribution >= 4 is 23.0 Å². The number of amides is 1. The lowest BCUT2D eigenvalue weighted by molar-refractivity contribution is -0.123. The van der Waals surface area contributed by atoms with Crippen molar-refractivity contribution in [2.24, 2.45) is 17.1 Å². The van der Waals surface area contributed by atoms with Gasteiger partial charge < -0.3 is 25.7 Å². The SMILES string of the molecule is CCCC(=[NH2+])c1nc(-c2cc(N3CCCC4(CCC(C(N)=O)CC4)C3)ccc2OCC)[nH]c(=O)c1NC. The molecule has 1 aliphatic carbocycles. The van der Waals surface area contributed by atoms with E-state index in [0.29, 0.717) is 41.7 Å². The molecule has 2 aliphatic rings. The molecule has 0 atom stereocenters. The van der Waals surface area contributed by atoms with Crippen LogP contribution >= 0.6 is 0 Å². The summed E-state index contributed by atoms with van der Waals surface area (Å²) in [5.74, 6) is 0.950. The van der Waals surface area contributed by atoms with Gasteiger partial charge in [-0.05, 0) is 75.5 Å². The fourth-order valence-electron chi connectivity index (χ4n) is 5.99. The maximum absolute atomic E-state index is 13.0. The number of rotatable bonds is 9. The Balaban J connectivity index is 1.69. The molecule has 2 heterocycles. The van der Waals surface area contributed by atoms with E-state index in [2.05, 4.69) is 27.3 Å². The topological polar surface area (TPSA) is 139 Å². The summed E-state index contributed by atoms with van der Waals surface area (Å²) in [7, 11) is 1.70. The van der Waals surface area contributed by atoms with Crippen LogP contribution in [0.15, 0.2) is 23.0 Å². The fourth-order valence-corrected chi connectivity index (χ4v) is 5.99. The first kappa shape index (κ1) is 26.7. The molecular formula is C28H41N6O3+. The lowest BCUT2D eigenvalue weighted by Gasteiger charge is -2.47. The third-order valence-electron chi connectivity index (χ3n) is 7.99. The van der Waals surface area contributed by atoms with Crippen molar-refractivity contribution in [2.45, 2.75) is 65.2 Å². The number of benzene rings is 1. The molecule has 1 spiro atoms. The first-order valence-electron chi connectivity index (χ1n) is 13.6. The second kappa shape index (κ2) is 11.4. The zero-order valence-corrected chi connectivity index (χ0v) is 22.4. The number of aromatic amines is 1. The Hall–Kier alpha value is -3.36. The average molecular weight is 510 g/mol. The number of anilines is 2. The van der Waals surface area contributed by atoms with Gasteiger partial charge in [-0.3, -0.25) is 15.0 Å². The third kappa shape index (κ3) is 5.65. The van der Waals surface area contributed by atoms with E-state index in [9.17, 15) is 9.59 Å². The van der Waals surface area contributed by atoms with Gasteiger partial charge in [0.25, 0.3) is 5.56 Å². The molecule has 1 aromatic heterocycles. The van der Waals surface area contributed by atoms with Crippen LogP contribution < -0.4 is 31.7 Å². The van der Waals surface area contributed by atoms with Gasteiger partial charge in [0.2, 0.25) is 11.6 Å². The number of piperidine rings is 1. The van der Waals surface area contributed by atoms with Gasteiger partial charge in [-0.1, -0.05) is 6.92 Å². The quantitative estimate of drug-likeness (QED) is 0.383. The van der Waals surface area contributed by atoms with Crippen LogP contribution in [0.5, 0.6) is 5.75 Å². The van der Waals surface area contributed by atoms with Crippen molar-refractivity contribution in [3.8, 4) is 17.1 Å². The van der Waals surface area contributed by atoms with E-state index in [1.807, 2.05) is 19.9 Å². The van der Waals surface area contributed by atoms with E-state index in [1.54, 1.807) is 7.05 Å². The molecule has 37 heavy (non-hydrogen) atoms. The van der Waals surface area contributed by atoms with Gasteiger partial charge in [0.15, 0.2) is 5.69 Å². The minimum atomic E-state index is -0.266. The Morgan fingerprint density at radius 1 is 1.30 bits per heavy atom. The number of nitrogens with zero attached hydrogens (tertiary/aromatic N) is 2. The van der Waals surface area contributed by atoms with E-state index in [1.165, 1.54) is 6.42 Å². The van der Waals surface area contributed by atoms with E-state index >= 15 is 0 Å². The van der Waals surface area contributed by atoms with Crippen LogP contribution in [0.4, 0.5) is 11.4 Å². The highest BCUT2D eigenvalue weighted by Gasteiger charge is 2.40. The first-order chi connectivity index (χ1) is 17.8. The normalized spacial score (nSPS) is 21.6. The van der Waals surface area contributed by atoms with Crippen molar-refractivity contribution in [2.75, 3.05) is 37.0 Å². The van der Waals surface area contributed by atoms with Crippen LogP contribution in [0, 0.1) is 11.3 Å². The minimum absolute atomic E-state index is 0.00714. The summed E-state index contributed by atoms with van der Waals surface area (Å²) >= 11 is 0. The molecule has 4 rings (SSSR count). The molecule has 9 heteroatoms. The number of nitrogens with two attached hydrogens (primary N) is 2. The van der Waals surface area contributed by atoms with Gasteiger partial charge in [-0.2, -0.15) is 0 Å². The van der Waals surface area contributed by atoms with Crippen molar-refractivity contribution in [3.63, 3.8) is 0 Å². The van der Waals surface area contributed by atoms with Crippen molar-refractivity contribution < 1.29 is 14.9 Å². The van der Waals surface area contributed by atoms with Gasteiger partial charge >= 0.3 is 0 Å². The summed E-state index contributed by atoms with van der Waals surface area (Å²) in [4.78, 5) is 34.9. The molecule has 2 aromatic rings. The summed E-state index contributed by atoms with van der Waals surface area (Å²) in [5.41, 5.74) is 8.77. The third-order valence-corrected chi connectivity index (χ3v) is 7.99. The summed E-state index contributed by atoms with van der Waals surface area (Å²) in [6, 6.07) is 6.11. The van der Waals surface area contributed by atoms with Gasteiger partial charge in [-0.25, -0.2) is 4.98 Å². The van der Waals surface area contributed by atoms with Gasteiger partial charge in [-0.15, -0.1) is 0 Å². The maximum atomic E-state index is 13.0. The summed E-state index contributed by atoms with van der Waals surface area (Å²) in [5, 5.41) is 9.29. The van der Waals surface area contributed by atoms with Crippen LogP contribution in [-0.2, 0) is 4.79 Å². The molecule has 1 aliphatic heterocycles. The van der Waals surface area contributed by atoms with Crippen LogP contribution in [0.3, 0.4) is 0 Å².